The van der Waals surface area contributed by atoms with Crippen molar-refractivity contribution in [2.24, 2.45) is 0 Å². The fraction of sp³-hybridized carbons (Fsp3) is 0.333. The van der Waals surface area contributed by atoms with Crippen molar-refractivity contribution in [1.82, 2.24) is 14.9 Å². The number of fused-ring (bicyclic) bond motifs is 1. The van der Waals surface area contributed by atoms with Gasteiger partial charge in [-0.1, -0.05) is 12.1 Å². The van der Waals surface area contributed by atoms with Crippen LogP contribution in [0.4, 0.5) is 5.82 Å². The number of methoxy groups -OCH3 is 1. The van der Waals surface area contributed by atoms with Crippen molar-refractivity contribution in [2.75, 3.05) is 25.7 Å². The van der Waals surface area contributed by atoms with E-state index in [0.29, 0.717) is 0 Å². The summed E-state index contributed by atoms with van der Waals surface area (Å²) >= 11 is 0. The largest absolute Gasteiger partial charge is 0.497 e. The molecule has 2 aromatic rings. The maximum absolute atomic E-state index is 5.19. The van der Waals surface area contributed by atoms with E-state index in [1.54, 1.807) is 13.4 Å². The standard InChI is InChI=1S/C15H18N4O/c1-18-9-13-7-16-10-17-15(13)19(11-18)8-12-3-5-14(20-2)6-4-12/h3-7,10H,8-9,11H2,1-2H3. The van der Waals surface area contributed by atoms with E-state index in [2.05, 4.69) is 38.9 Å². The summed E-state index contributed by atoms with van der Waals surface area (Å²) < 4.78 is 5.19. The molecule has 3 rings (SSSR count). The molecule has 1 aliphatic rings. The monoisotopic (exact) mass is 270 g/mol. The molecule has 0 atom stereocenters. The first kappa shape index (κ1) is 12.9. The lowest BCUT2D eigenvalue weighted by Gasteiger charge is -2.35. The summed E-state index contributed by atoms with van der Waals surface area (Å²) in [6, 6.07) is 8.16. The van der Waals surface area contributed by atoms with Crippen LogP contribution in [0.2, 0.25) is 0 Å². The molecule has 0 spiro atoms. The van der Waals surface area contributed by atoms with Gasteiger partial charge in [-0.2, -0.15) is 0 Å². The summed E-state index contributed by atoms with van der Waals surface area (Å²) in [7, 11) is 3.79. The lowest BCUT2D eigenvalue weighted by Crippen LogP contribution is -2.40. The highest BCUT2D eigenvalue weighted by molar-refractivity contribution is 5.48. The molecule has 1 aliphatic heterocycles. The predicted molar refractivity (Wildman–Crippen MR) is 77.5 cm³/mol. The molecule has 5 heteroatoms. The van der Waals surface area contributed by atoms with E-state index in [1.165, 1.54) is 11.1 Å². The molecule has 0 amide bonds. The molecule has 0 aliphatic carbocycles. The first-order valence-electron chi connectivity index (χ1n) is 6.61. The third-order valence-electron chi connectivity index (χ3n) is 3.45. The summed E-state index contributed by atoms with van der Waals surface area (Å²) in [6.45, 7) is 2.60. The third kappa shape index (κ3) is 2.58. The van der Waals surface area contributed by atoms with E-state index >= 15 is 0 Å². The highest BCUT2D eigenvalue weighted by Gasteiger charge is 2.21. The second-order valence-electron chi connectivity index (χ2n) is 5.07. The number of rotatable bonds is 3. The number of hydrogen-bond donors (Lipinski definition) is 0. The van der Waals surface area contributed by atoms with Crippen LogP contribution in [0.25, 0.3) is 0 Å². The van der Waals surface area contributed by atoms with Crippen molar-refractivity contribution in [2.45, 2.75) is 13.1 Å². The molecule has 0 fully saturated rings. The molecular weight excluding hydrogens is 252 g/mol. The molecule has 1 aromatic heterocycles. The summed E-state index contributed by atoms with van der Waals surface area (Å²) in [5.41, 5.74) is 2.42. The third-order valence-corrected chi connectivity index (χ3v) is 3.45. The smallest absolute Gasteiger partial charge is 0.137 e. The van der Waals surface area contributed by atoms with Gasteiger partial charge in [-0.15, -0.1) is 0 Å². The van der Waals surface area contributed by atoms with Crippen LogP contribution in [0, 0.1) is 0 Å². The molecule has 0 N–H and O–H groups in total. The van der Waals surface area contributed by atoms with Crippen molar-refractivity contribution in [3.63, 3.8) is 0 Å². The van der Waals surface area contributed by atoms with Gasteiger partial charge in [-0.25, -0.2) is 9.97 Å². The van der Waals surface area contributed by atoms with E-state index < -0.39 is 0 Å². The second kappa shape index (κ2) is 5.46. The molecule has 0 saturated heterocycles. The Kier molecular flexibility index (Phi) is 3.52. The van der Waals surface area contributed by atoms with Crippen LogP contribution < -0.4 is 9.64 Å². The molecule has 0 saturated carbocycles. The zero-order valence-corrected chi connectivity index (χ0v) is 11.8. The highest BCUT2D eigenvalue weighted by Crippen LogP contribution is 2.25. The van der Waals surface area contributed by atoms with E-state index in [0.717, 1.165) is 31.3 Å². The van der Waals surface area contributed by atoms with Crippen molar-refractivity contribution in [3.8, 4) is 5.75 Å². The van der Waals surface area contributed by atoms with Gasteiger partial charge in [-0.3, -0.25) is 4.90 Å². The molecule has 1 aromatic carbocycles. The van der Waals surface area contributed by atoms with Gasteiger partial charge in [0.05, 0.1) is 13.8 Å². The normalized spacial score (nSPS) is 15.0. The zero-order valence-electron chi connectivity index (χ0n) is 11.8. The van der Waals surface area contributed by atoms with Crippen LogP contribution in [-0.4, -0.2) is 35.7 Å². The maximum atomic E-state index is 5.19. The fourth-order valence-corrected chi connectivity index (χ4v) is 2.52. The van der Waals surface area contributed by atoms with Gasteiger partial charge in [0.25, 0.3) is 0 Å². The van der Waals surface area contributed by atoms with Crippen LogP contribution in [-0.2, 0) is 13.1 Å². The Hall–Kier alpha value is -2.14. The summed E-state index contributed by atoms with van der Waals surface area (Å²) in [4.78, 5) is 13.1. The first-order chi connectivity index (χ1) is 9.76. The van der Waals surface area contributed by atoms with Crippen LogP contribution in [0.1, 0.15) is 11.1 Å². The predicted octanol–water partition coefficient (Wildman–Crippen LogP) is 1.89. The summed E-state index contributed by atoms with van der Waals surface area (Å²) in [5.74, 6) is 1.92. The Balaban J connectivity index is 1.83. The van der Waals surface area contributed by atoms with Crippen molar-refractivity contribution in [3.05, 3.63) is 47.9 Å². The lowest BCUT2D eigenvalue weighted by molar-refractivity contribution is 0.304. The molecule has 104 valence electrons. The van der Waals surface area contributed by atoms with Gasteiger partial charge < -0.3 is 9.64 Å². The molecule has 20 heavy (non-hydrogen) atoms. The van der Waals surface area contributed by atoms with Gasteiger partial charge in [0.15, 0.2) is 0 Å². The first-order valence-corrected chi connectivity index (χ1v) is 6.61. The number of anilines is 1. The van der Waals surface area contributed by atoms with Gasteiger partial charge in [0.1, 0.15) is 17.9 Å². The van der Waals surface area contributed by atoms with Crippen molar-refractivity contribution < 1.29 is 4.74 Å². The van der Waals surface area contributed by atoms with Crippen LogP contribution in [0.5, 0.6) is 5.75 Å². The van der Waals surface area contributed by atoms with Crippen molar-refractivity contribution >= 4 is 5.82 Å². The number of benzene rings is 1. The van der Waals surface area contributed by atoms with Crippen molar-refractivity contribution in [1.29, 1.82) is 0 Å². The molecule has 2 heterocycles. The lowest BCUT2D eigenvalue weighted by atomic mass is 10.1. The van der Waals surface area contributed by atoms with Gasteiger partial charge in [0.2, 0.25) is 0 Å². The van der Waals surface area contributed by atoms with Crippen LogP contribution >= 0.6 is 0 Å². The Labute approximate surface area is 118 Å². The zero-order chi connectivity index (χ0) is 13.9. The maximum Gasteiger partial charge on any atom is 0.137 e. The van der Waals surface area contributed by atoms with E-state index in [4.69, 9.17) is 4.74 Å². The number of aromatic nitrogens is 2. The molecule has 0 unspecified atom stereocenters. The Morgan fingerprint density at radius 3 is 2.80 bits per heavy atom. The molecular formula is C15H18N4O. The van der Waals surface area contributed by atoms with E-state index in [9.17, 15) is 0 Å². The Morgan fingerprint density at radius 1 is 1.25 bits per heavy atom. The molecule has 0 radical (unpaired) electrons. The second-order valence-corrected chi connectivity index (χ2v) is 5.07. The average Bonchev–Trinajstić information content (AvgIpc) is 2.48. The van der Waals surface area contributed by atoms with Crippen LogP contribution in [0.15, 0.2) is 36.8 Å². The topological polar surface area (TPSA) is 41.5 Å². The SMILES string of the molecule is COc1ccc(CN2CN(C)Cc3cncnc32)cc1. The van der Waals surface area contributed by atoms with E-state index in [1.807, 2.05) is 18.3 Å². The fourth-order valence-electron chi connectivity index (χ4n) is 2.52. The number of ether oxygens (including phenoxy) is 1. The number of hydrogen-bond acceptors (Lipinski definition) is 5. The number of nitrogens with zero attached hydrogens (tertiary/aromatic N) is 4. The summed E-state index contributed by atoms with van der Waals surface area (Å²) in [6.07, 6.45) is 3.52. The summed E-state index contributed by atoms with van der Waals surface area (Å²) in [5, 5.41) is 0. The van der Waals surface area contributed by atoms with Gasteiger partial charge in [0, 0.05) is 24.8 Å². The highest BCUT2D eigenvalue weighted by atomic mass is 16.5. The minimum absolute atomic E-state index is 0.832. The minimum Gasteiger partial charge on any atom is -0.497 e. The molecule has 5 nitrogen and oxygen atoms in total. The Morgan fingerprint density at radius 2 is 2.05 bits per heavy atom. The minimum atomic E-state index is 0.832. The van der Waals surface area contributed by atoms with Crippen LogP contribution in [0.3, 0.4) is 0 Å². The quantitative estimate of drug-likeness (QED) is 0.852. The Bertz CT molecular complexity index is 585. The van der Waals surface area contributed by atoms with E-state index in [-0.39, 0.29) is 0 Å². The van der Waals surface area contributed by atoms with Gasteiger partial charge in [-0.05, 0) is 24.7 Å². The van der Waals surface area contributed by atoms with Gasteiger partial charge >= 0.3 is 0 Å². The average molecular weight is 270 g/mol. The molecule has 0 bridgehead atoms.